The van der Waals surface area contributed by atoms with E-state index in [4.69, 9.17) is 18.0 Å². The predicted molar refractivity (Wildman–Crippen MR) is 165 cm³/mol. The second kappa shape index (κ2) is 15.7. The van der Waals surface area contributed by atoms with Gasteiger partial charge in [0.05, 0.1) is 13.2 Å². The Bertz CT molecular complexity index is 1630. The number of oxime groups is 2. The zero-order valence-electron chi connectivity index (χ0n) is 24.0. The molecule has 0 unspecified atom stereocenters. The molecule has 0 saturated carbocycles. The number of nitrogens with zero attached hydrogens (tertiary/aromatic N) is 2. The van der Waals surface area contributed by atoms with Crippen LogP contribution < -0.4 is 0 Å². The highest BCUT2D eigenvalue weighted by Crippen LogP contribution is 2.25. The third-order valence-electron chi connectivity index (χ3n) is 5.19. The van der Waals surface area contributed by atoms with Crippen molar-refractivity contribution in [1.29, 1.82) is 0 Å². The fourth-order valence-electron chi connectivity index (χ4n) is 3.05. The Morgan fingerprint density at radius 3 is 1.34 bits per heavy atom. The molecular formula is C28H28N2O10S4. The van der Waals surface area contributed by atoms with Crippen LogP contribution in [0, 0.1) is 13.8 Å². The van der Waals surface area contributed by atoms with Gasteiger partial charge in [-0.3, -0.25) is 8.57 Å². The number of rotatable bonds is 10. The van der Waals surface area contributed by atoms with E-state index in [0.29, 0.717) is 9.79 Å². The largest absolute Gasteiger partial charge is 0.461 e. The van der Waals surface area contributed by atoms with Gasteiger partial charge in [0.25, 0.3) is 0 Å². The van der Waals surface area contributed by atoms with Crippen molar-refractivity contribution in [2.24, 2.45) is 10.3 Å². The summed E-state index contributed by atoms with van der Waals surface area (Å²) in [5.74, 6) is -1.84. The highest BCUT2D eigenvalue weighted by atomic mass is 32.2. The van der Waals surface area contributed by atoms with Gasteiger partial charge in [-0.2, -0.15) is 16.8 Å². The molecule has 12 nitrogen and oxygen atoms in total. The molecule has 0 heterocycles. The lowest BCUT2D eigenvalue weighted by Gasteiger charge is -2.08. The molecule has 0 radical (unpaired) electrons. The number of hydrogen-bond acceptors (Lipinski definition) is 14. The number of aryl methyl sites for hydroxylation is 2. The van der Waals surface area contributed by atoms with Crippen LogP contribution >= 0.6 is 23.5 Å². The Labute approximate surface area is 264 Å². The number of ether oxygens (including phenoxy) is 2. The van der Waals surface area contributed by atoms with Crippen LogP contribution in [-0.2, 0) is 47.9 Å². The summed E-state index contributed by atoms with van der Waals surface area (Å²) in [5, 5.41) is 6.20. The first kappa shape index (κ1) is 34.6. The van der Waals surface area contributed by atoms with Crippen LogP contribution in [0.15, 0.2) is 103 Å². The fourth-order valence-corrected chi connectivity index (χ4v) is 6.20. The van der Waals surface area contributed by atoms with Crippen molar-refractivity contribution < 1.29 is 44.5 Å². The standard InChI is InChI=1S/C28H28N2O10S4/c1-5-37-27(31)25(41-21-14-10-19(3)11-15-21)29-39-43(33,34)23-8-7-9-24(18-23)44(35,36)40-30-26(28(32)38-6-2)42-22-16-12-20(4)13-17-22/h7-18H,5-6H2,1-4H3/b29-25-,30-26-. The van der Waals surface area contributed by atoms with Crippen molar-refractivity contribution in [2.75, 3.05) is 13.2 Å². The molecule has 0 bridgehead atoms. The lowest BCUT2D eigenvalue weighted by molar-refractivity contribution is -0.135. The minimum Gasteiger partial charge on any atom is -0.461 e. The van der Waals surface area contributed by atoms with Gasteiger partial charge in [0.15, 0.2) is 0 Å². The zero-order valence-corrected chi connectivity index (χ0v) is 27.2. The van der Waals surface area contributed by atoms with Gasteiger partial charge in [0, 0.05) is 9.79 Å². The molecule has 0 amide bonds. The van der Waals surface area contributed by atoms with E-state index in [0.717, 1.165) is 58.9 Å². The van der Waals surface area contributed by atoms with Crippen molar-refractivity contribution in [3.63, 3.8) is 0 Å². The van der Waals surface area contributed by atoms with E-state index in [1.807, 2.05) is 13.8 Å². The van der Waals surface area contributed by atoms with Crippen LogP contribution in [0.1, 0.15) is 25.0 Å². The predicted octanol–water partition coefficient (Wildman–Crippen LogP) is 5.05. The van der Waals surface area contributed by atoms with E-state index in [1.54, 1.807) is 62.4 Å². The van der Waals surface area contributed by atoms with Crippen molar-refractivity contribution in [3.05, 3.63) is 83.9 Å². The normalized spacial score (nSPS) is 12.4. The Morgan fingerprint density at radius 1 is 0.636 bits per heavy atom. The van der Waals surface area contributed by atoms with Crippen LogP contribution in [0.25, 0.3) is 0 Å². The van der Waals surface area contributed by atoms with Gasteiger partial charge in [-0.15, -0.1) is 0 Å². The van der Waals surface area contributed by atoms with Gasteiger partial charge in [0.2, 0.25) is 10.1 Å². The van der Waals surface area contributed by atoms with Crippen LogP contribution in [0.4, 0.5) is 0 Å². The number of carbonyl (C=O) groups is 2. The van der Waals surface area contributed by atoms with Gasteiger partial charge < -0.3 is 9.47 Å². The molecule has 0 aliphatic carbocycles. The van der Waals surface area contributed by atoms with Crippen LogP contribution in [0.5, 0.6) is 0 Å². The van der Waals surface area contributed by atoms with Crippen LogP contribution in [0.2, 0.25) is 0 Å². The number of hydrogen-bond donors (Lipinski definition) is 0. The lowest BCUT2D eigenvalue weighted by atomic mass is 10.2. The maximum absolute atomic E-state index is 12.9. The highest BCUT2D eigenvalue weighted by molar-refractivity contribution is 8.16. The summed E-state index contributed by atoms with van der Waals surface area (Å²) < 4.78 is 71.1. The molecule has 0 atom stereocenters. The maximum atomic E-state index is 12.9. The Morgan fingerprint density at radius 2 is 1.00 bits per heavy atom. The topological polar surface area (TPSA) is 164 Å². The summed E-state index contributed by atoms with van der Waals surface area (Å²) >= 11 is 1.64. The van der Waals surface area contributed by atoms with Crippen molar-refractivity contribution in [3.8, 4) is 0 Å². The summed E-state index contributed by atoms with van der Waals surface area (Å²) in [5.41, 5.74) is 1.93. The number of benzene rings is 3. The third-order valence-corrected chi connectivity index (χ3v) is 9.28. The average molecular weight is 681 g/mol. The fraction of sp³-hybridized carbons (Fsp3) is 0.214. The van der Waals surface area contributed by atoms with Gasteiger partial charge in [-0.05, 0) is 70.2 Å². The Hall–Kier alpha value is -3.86. The summed E-state index contributed by atoms with van der Waals surface area (Å²) in [7, 11) is -9.45. The first-order valence-corrected chi connectivity index (χ1v) is 17.3. The molecule has 0 aliphatic rings. The quantitative estimate of drug-likeness (QED) is 0.0921. The van der Waals surface area contributed by atoms with Crippen LogP contribution in [0.3, 0.4) is 0 Å². The Kier molecular flexibility index (Phi) is 12.4. The molecular weight excluding hydrogens is 653 g/mol. The molecule has 3 aromatic carbocycles. The SMILES string of the molecule is CCOC(=O)/C(=N/OS(=O)(=O)c1cccc(S(=O)(=O)O/N=C(\Sc2ccc(C)cc2)C(=O)OCC)c1)Sc1ccc(C)cc1. The Balaban J connectivity index is 1.85. The highest BCUT2D eigenvalue weighted by Gasteiger charge is 2.25. The molecule has 44 heavy (non-hydrogen) atoms. The lowest BCUT2D eigenvalue weighted by Crippen LogP contribution is -2.16. The first-order valence-electron chi connectivity index (χ1n) is 12.8. The van der Waals surface area contributed by atoms with Gasteiger partial charge in [-0.1, -0.05) is 75.3 Å². The summed E-state index contributed by atoms with van der Waals surface area (Å²) in [4.78, 5) is 24.7. The van der Waals surface area contributed by atoms with Crippen LogP contribution in [-0.4, -0.2) is 52.1 Å². The monoisotopic (exact) mass is 680 g/mol. The minimum atomic E-state index is -4.72. The summed E-state index contributed by atoms with van der Waals surface area (Å²) in [6, 6.07) is 18.0. The molecule has 3 aromatic rings. The van der Waals surface area contributed by atoms with E-state index in [9.17, 15) is 26.4 Å². The van der Waals surface area contributed by atoms with E-state index in [1.165, 1.54) is 0 Å². The molecule has 3 rings (SSSR count). The second-order valence-electron chi connectivity index (χ2n) is 8.60. The van der Waals surface area contributed by atoms with Gasteiger partial charge in [-0.25, -0.2) is 9.59 Å². The second-order valence-corrected chi connectivity index (χ2v) is 13.8. The average Bonchev–Trinajstić information content (AvgIpc) is 2.99. The number of esters is 2. The molecule has 16 heteroatoms. The van der Waals surface area contributed by atoms with Crippen molar-refractivity contribution >= 4 is 65.8 Å². The van der Waals surface area contributed by atoms with E-state index >= 15 is 0 Å². The minimum absolute atomic E-state index is 0.00283. The summed E-state index contributed by atoms with van der Waals surface area (Å²) in [6.45, 7) is 6.89. The summed E-state index contributed by atoms with van der Waals surface area (Å²) in [6.07, 6.45) is 0. The molecule has 0 fully saturated rings. The first-order chi connectivity index (χ1) is 20.8. The van der Waals surface area contributed by atoms with E-state index < -0.39 is 52.1 Å². The van der Waals surface area contributed by atoms with Crippen molar-refractivity contribution in [2.45, 2.75) is 47.3 Å². The van der Waals surface area contributed by atoms with Gasteiger partial charge in [0.1, 0.15) is 9.79 Å². The smallest absolute Gasteiger partial charge is 0.367 e. The zero-order chi connectivity index (χ0) is 32.3. The molecule has 0 N–H and O–H groups in total. The van der Waals surface area contributed by atoms with Gasteiger partial charge >= 0.3 is 32.2 Å². The van der Waals surface area contributed by atoms with E-state index in [-0.39, 0.29) is 13.2 Å². The molecule has 234 valence electrons. The molecule has 0 aromatic heterocycles. The molecule has 0 spiro atoms. The van der Waals surface area contributed by atoms with Crippen molar-refractivity contribution in [1.82, 2.24) is 0 Å². The molecule has 0 aliphatic heterocycles. The molecule has 0 saturated heterocycles. The number of carbonyl (C=O) groups excluding carboxylic acids is 2. The van der Waals surface area contributed by atoms with E-state index in [2.05, 4.69) is 10.3 Å². The third kappa shape index (κ3) is 10.1. The number of thioether (sulfide) groups is 2. The maximum Gasteiger partial charge on any atom is 0.367 e.